The van der Waals surface area contributed by atoms with Crippen molar-refractivity contribution in [2.75, 3.05) is 45.8 Å². The average Bonchev–Trinajstić information content (AvgIpc) is 2.44. The lowest BCUT2D eigenvalue weighted by Crippen LogP contribution is -2.46. The van der Waals surface area contributed by atoms with E-state index in [1.807, 2.05) is 0 Å². The highest BCUT2D eigenvalue weighted by molar-refractivity contribution is 4.71. The lowest BCUT2D eigenvalue weighted by atomic mass is 10.1. The zero-order chi connectivity index (χ0) is 13.8. The van der Waals surface area contributed by atoms with Crippen molar-refractivity contribution in [1.82, 2.24) is 9.80 Å². The van der Waals surface area contributed by atoms with Crippen molar-refractivity contribution in [3.05, 3.63) is 0 Å². The second-order valence-electron chi connectivity index (χ2n) is 5.95. The smallest absolute Gasteiger partial charge is 0.0110 e. The van der Waals surface area contributed by atoms with Crippen molar-refractivity contribution in [1.29, 1.82) is 0 Å². The van der Waals surface area contributed by atoms with Gasteiger partial charge in [-0.05, 0) is 38.9 Å². The van der Waals surface area contributed by atoms with E-state index >= 15 is 0 Å². The van der Waals surface area contributed by atoms with Crippen LogP contribution in [0.3, 0.4) is 0 Å². The first kappa shape index (κ1) is 16.9. The average molecular weight is 269 g/mol. The van der Waals surface area contributed by atoms with Gasteiger partial charge >= 0.3 is 0 Å². The molecule has 0 bridgehead atoms. The molecular formula is C16H35N3. The molecule has 0 spiro atoms. The Hall–Kier alpha value is -0.120. The number of rotatable bonds is 11. The van der Waals surface area contributed by atoms with Crippen LogP contribution in [0.4, 0.5) is 0 Å². The van der Waals surface area contributed by atoms with Gasteiger partial charge in [0.05, 0.1) is 0 Å². The molecule has 114 valence electrons. The van der Waals surface area contributed by atoms with Crippen molar-refractivity contribution < 1.29 is 0 Å². The molecule has 3 heteroatoms. The molecule has 0 radical (unpaired) electrons. The summed E-state index contributed by atoms with van der Waals surface area (Å²) in [6.45, 7) is 10.8. The molecule has 0 aromatic carbocycles. The molecule has 0 aliphatic carbocycles. The largest absolute Gasteiger partial charge is 0.330 e. The molecule has 0 amide bonds. The number of nitrogens with zero attached hydrogens (tertiary/aromatic N) is 2. The van der Waals surface area contributed by atoms with E-state index in [1.54, 1.807) is 0 Å². The Balaban J connectivity index is 1.92. The van der Waals surface area contributed by atoms with Crippen LogP contribution in [0, 0.1) is 0 Å². The maximum absolute atomic E-state index is 5.54. The third-order valence-corrected chi connectivity index (χ3v) is 4.22. The summed E-state index contributed by atoms with van der Waals surface area (Å²) in [6, 6.07) is 0. The van der Waals surface area contributed by atoms with Gasteiger partial charge in [-0.1, -0.05) is 39.0 Å². The normalized spacial score (nSPS) is 18.0. The summed E-state index contributed by atoms with van der Waals surface area (Å²) in [5.74, 6) is 0. The van der Waals surface area contributed by atoms with E-state index in [1.165, 1.54) is 90.6 Å². The Morgan fingerprint density at radius 3 is 1.68 bits per heavy atom. The van der Waals surface area contributed by atoms with Crippen LogP contribution in [-0.2, 0) is 0 Å². The summed E-state index contributed by atoms with van der Waals surface area (Å²) >= 11 is 0. The van der Waals surface area contributed by atoms with E-state index in [2.05, 4.69) is 16.7 Å². The molecule has 0 unspecified atom stereocenters. The zero-order valence-corrected chi connectivity index (χ0v) is 13.1. The van der Waals surface area contributed by atoms with E-state index < -0.39 is 0 Å². The Kier molecular flexibility index (Phi) is 10.4. The maximum atomic E-state index is 5.54. The maximum Gasteiger partial charge on any atom is 0.0110 e. The number of hydrogen-bond donors (Lipinski definition) is 1. The fraction of sp³-hybridized carbons (Fsp3) is 1.00. The fourth-order valence-corrected chi connectivity index (χ4v) is 2.83. The van der Waals surface area contributed by atoms with Crippen molar-refractivity contribution in [3.8, 4) is 0 Å². The van der Waals surface area contributed by atoms with Gasteiger partial charge in [0.25, 0.3) is 0 Å². The van der Waals surface area contributed by atoms with Crippen LogP contribution in [0.2, 0.25) is 0 Å². The van der Waals surface area contributed by atoms with Gasteiger partial charge in [-0.3, -0.25) is 0 Å². The third-order valence-electron chi connectivity index (χ3n) is 4.22. The van der Waals surface area contributed by atoms with Gasteiger partial charge < -0.3 is 15.5 Å². The minimum atomic E-state index is 0.845. The molecule has 0 aromatic heterocycles. The van der Waals surface area contributed by atoms with Crippen LogP contribution < -0.4 is 5.73 Å². The zero-order valence-electron chi connectivity index (χ0n) is 13.1. The predicted molar refractivity (Wildman–Crippen MR) is 84.5 cm³/mol. The van der Waals surface area contributed by atoms with Gasteiger partial charge in [0.2, 0.25) is 0 Å². The molecule has 19 heavy (non-hydrogen) atoms. The van der Waals surface area contributed by atoms with Crippen LogP contribution in [0.15, 0.2) is 0 Å². The topological polar surface area (TPSA) is 32.5 Å². The Morgan fingerprint density at radius 1 is 0.684 bits per heavy atom. The first-order chi connectivity index (χ1) is 9.36. The van der Waals surface area contributed by atoms with E-state index in [9.17, 15) is 0 Å². The molecule has 1 rings (SSSR count). The first-order valence-corrected chi connectivity index (χ1v) is 8.51. The summed E-state index contributed by atoms with van der Waals surface area (Å²) < 4.78 is 0. The minimum Gasteiger partial charge on any atom is -0.330 e. The van der Waals surface area contributed by atoms with Crippen molar-refractivity contribution in [2.45, 2.75) is 58.3 Å². The van der Waals surface area contributed by atoms with Crippen LogP contribution >= 0.6 is 0 Å². The first-order valence-electron chi connectivity index (χ1n) is 8.51. The van der Waals surface area contributed by atoms with Gasteiger partial charge in [0.15, 0.2) is 0 Å². The van der Waals surface area contributed by atoms with Crippen LogP contribution in [0.5, 0.6) is 0 Å². The summed E-state index contributed by atoms with van der Waals surface area (Å²) in [7, 11) is 0. The molecule has 1 fully saturated rings. The number of piperazine rings is 1. The summed E-state index contributed by atoms with van der Waals surface area (Å²) in [5, 5.41) is 0. The molecule has 0 aromatic rings. The van der Waals surface area contributed by atoms with E-state index in [-0.39, 0.29) is 0 Å². The Bertz CT molecular complexity index is 186. The Morgan fingerprint density at radius 2 is 1.16 bits per heavy atom. The quantitative estimate of drug-likeness (QED) is 0.585. The highest BCUT2D eigenvalue weighted by Gasteiger charge is 2.15. The minimum absolute atomic E-state index is 0.845. The molecule has 0 saturated carbocycles. The summed E-state index contributed by atoms with van der Waals surface area (Å²) in [4.78, 5) is 5.26. The highest BCUT2D eigenvalue weighted by atomic mass is 15.3. The molecule has 2 N–H and O–H groups in total. The molecular weight excluding hydrogens is 234 g/mol. The van der Waals surface area contributed by atoms with Gasteiger partial charge in [0, 0.05) is 26.2 Å². The predicted octanol–water partition coefficient (Wildman–Crippen LogP) is 2.70. The molecule has 0 atom stereocenters. The summed E-state index contributed by atoms with van der Waals surface area (Å²) in [6.07, 6.45) is 10.9. The van der Waals surface area contributed by atoms with Crippen LogP contribution in [0.25, 0.3) is 0 Å². The van der Waals surface area contributed by atoms with Crippen LogP contribution in [0.1, 0.15) is 58.3 Å². The molecule has 1 aliphatic rings. The summed E-state index contributed by atoms with van der Waals surface area (Å²) in [5.41, 5.74) is 5.54. The second kappa shape index (κ2) is 11.7. The Labute approximate surface area is 120 Å². The van der Waals surface area contributed by atoms with Crippen molar-refractivity contribution in [3.63, 3.8) is 0 Å². The fourth-order valence-electron chi connectivity index (χ4n) is 2.83. The lowest BCUT2D eigenvalue weighted by Gasteiger charge is -2.34. The van der Waals surface area contributed by atoms with E-state index in [0.29, 0.717) is 0 Å². The molecule has 1 heterocycles. The molecule has 1 saturated heterocycles. The van der Waals surface area contributed by atoms with Gasteiger partial charge in [-0.15, -0.1) is 0 Å². The van der Waals surface area contributed by atoms with Crippen LogP contribution in [-0.4, -0.2) is 55.6 Å². The number of hydrogen-bond acceptors (Lipinski definition) is 3. The standard InChI is InChI=1S/C16H35N3/c1-2-3-4-5-6-8-11-18-13-15-19(16-14-18)12-9-7-10-17/h2-17H2,1H3. The SMILES string of the molecule is CCCCCCCCN1CCN(CCCCN)CC1. The third kappa shape index (κ3) is 8.61. The number of nitrogens with two attached hydrogens (primary N) is 1. The van der Waals surface area contributed by atoms with E-state index in [4.69, 9.17) is 5.73 Å². The lowest BCUT2D eigenvalue weighted by molar-refractivity contribution is 0.129. The van der Waals surface area contributed by atoms with Gasteiger partial charge in [-0.2, -0.15) is 0 Å². The van der Waals surface area contributed by atoms with Crippen molar-refractivity contribution in [2.24, 2.45) is 5.73 Å². The monoisotopic (exact) mass is 269 g/mol. The highest BCUT2D eigenvalue weighted by Crippen LogP contribution is 2.08. The molecule has 1 aliphatic heterocycles. The second-order valence-corrected chi connectivity index (χ2v) is 5.95. The van der Waals surface area contributed by atoms with Crippen molar-refractivity contribution >= 4 is 0 Å². The van der Waals surface area contributed by atoms with E-state index in [0.717, 1.165) is 6.54 Å². The van der Waals surface area contributed by atoms with Gasteiger partial charge in [0.1, 0.15) is 0 Å². The van der Waals surface area contributed by atoms with Gasteiger partial charge in [-0.25, -0.2) is 0 Å². The molecule has 3 nitrogen and oxygen atoms in total. The number of unbranched alkanes of at least 4 members (excludes halogenated alkanes) is 6.